The number of ether oxygens (including phenoxy) is 2. The highest BCUT2D eigenvalue weighted by Crippen LogP contribution is 2.20. The topological polar surface area (TPSA) is 139 Å². The average molecular weight is 461 g/mol. The third-order valence-corrected chi connectivity index (χ3v) is 6.17. The molecule has 0 heterocycles. The van der Waals surface area contributed by atoms with Gasteiger partial charge in [-0.15, -0.1) is 0 Å². The molecule has 0 unspecified atom stereocenters. The zero-order valence-electron chi connectivity index (χ0n) is 17.8. The van der Waals surface area contributed by atoms with Crippen LogP contribution in [0.25, 0.3) is 0 Å². The summed E-state index contributed by atoms with van der Waals surface area (Å²) in [5.74, 6) is -2.35. The molecule has 0 radical (unpaired) electrons. The number of hydrogen-bond donors (Lipinski definition) is 0. The standard InChI is InChI=1S/C17H32O10S2/c1-7-24-14(18)16(3,4)12-26-28(20,21)10-9-11-29(22,23)27-13-17(5,6)15(19)25-8-2/h7-13H2,1-6H3. The minimum absolute atomic E-state index is 0.153. The highest BCUT2D eigenvalue weighted by molar-refractivity contribution is 7.87. The summed E-state index contributed by atoms with van der Waals surface area (Å²) in [5, 5.41) is 0. The Labute approximate surface area is 173 Å². The molecule has 0 saturated carbocycles. The molecule has 172 valence electrons. The van der Waals surface area contributed by atoms with E-state index in [1.165, 1.54) is 27.7 Å². The molecule has 0 aliphatic carbocycles. The van der Waals surface area contributed by atoms with E-state index < -0.39 is 67.7 Å². The van der Waals surface area contributed by atoms with Gasteiger partial charge in [-0.3, -0.25) is 18.0 Å². The van der Waals surface area contributed by atoms with Crippen molar-refractivity contribution in [2.45, 2.75) is 48.0 Å². The molecule has 0 aliphatic heterocycles. The molecule has 0 atom stereocenters. The molecular formula is C17H32O10S2. The molecule has 12 heteroatoms. The Bertz CT molecular complexity index is 687. The van der Waals surface area contributed by atoms with E-state index in [2.05, 4.69) is 0 Å². The number of esters is 2. The lowest BCUT2D eigenvalue weighted by atomic mass is 9.95. The van der Waals surface area contributed by atoms with Crippen LogP contribution in [0.1, 0.15) is 48.0 Å². The molecule has 0 N–H and O–H groups in total. The van der Waals surface area contributed by atoms with Crippen molar-refractivity contribution in [3.63, 3.8) is 0 Å². The average Bonchev–Trinajstić information content (AvgIpc) is 2.59. The summed E-state index contributed by atoms with van der Waals surface area (Å²) in [4.78, 5) is 23.5. The first kappa shape index (κ1) is 27.8. The van der Waals surface area contributed by atoms with Crippen molar-refractivity contribution in [2.75, 3.05) is 37.9 Å². The van der Waals surface area contributed by atoms with Gasteiger partial charge < -0.3 is 9.47 Å². The fraction of sp³-hybridized carbons (Fsp3) is 0.882. The molecule has 29 heavy (non-hydrogen) atoms. The molecule has 0 aliphatic rings. The maximum Gasteiger partial charge on any atom is 0.313 e. The van der Waals surface area contributed by atoms with Crippen molar-refractivity contribution in [3.8, 4) is 0 Å². The van der Waals surface area contributed by atoms with Crippen molar-refractivity contribution >= 4 is 32.2 Å². The summed E-state index contributed by atoms with van der Waals surface area (Å²) >= 11 is 0. The van der Waals surface area contributed by atoms with E-state index in [0.29, 0.717) is 0 Å². The Hall–Kier alpha value is -1.24. The van der Waals surface area contributed by atoms with Gasteiger partial charge >= 0.3 is 11.9 Å². The van der Waals surface area contributed by atoms with Crippen LogP contribution in [0.4, 0.5) is 0 Å². The van der Waals surface area contributed by atoms with Gasteiger partial charge in [0.15, 0.2) is 0 Å². The maximum absolute atomic E-state index is 12.0. The van der Waals surface area contributed by atoms with Gasteiger partial charge in [0.25, 0.3) is 20.2 Å². The van der Waals surface area contributed by atoms with Crippen LogP contribution < -0.4 is 0 Å². The lowest BCUT2D eigenvalue weighted by molar-refractivity contribution is -0.155. The van der Waals surface area contributed by atoms with Gasteiger partial charge in [-0.2, -0.15) is 16.8 Å². The molecule has 0 rings (SSSR count). The fourth-order valence-corrected chi connectivity index (χ4v) is 4.14. The second-order valence-electron chi connectivity index (χ2n) is 7.61. The number of carbonyl (C=O) groups is 2. The summed E-state index contributed by atoms with van der Waals surface area (Å²) in [7, 11) is -8.10. The molecule has 0 fully saturated rings. The lowest BCUT2D eigenvalue weighted by Crippen LogP contribution is -2.33. The smallest absolute Gasteiger partial charge is 0.313 e. The molecule has 0 amide bonds. The molecule has 0 bridgehead atoms. The van der Waals surface area contributed by atoms with Crippen LogP contribution in [-0.2, 0) is 47.7 Å². The first-order chi connectivity index (χ1) is 13.1. The predicted molar refractivity (Wildman–Crippen MR) is 105 cm³/mol. The maximum atomic E-state index is 12.0. The Kier molecular flexibility index (Phi) is 10.8. The molecule has 0 spiro atoms. The van der Waals surface area contributed by atoms with Crippen LogP contribution in [0.3, 0.4) is 0 Å². The van der Waals surface area contributed by atoms with Crippen LogP contribution in [0, 0.1) is 10.8 Å². The SMILES string of the molecule is CCOC(=O)C(C)(C)COS(=O)(=O)CCCS(=O)(=O)OCC(C)(C)C(=O)OCC. The molecule has 10 nitrogen and oxygen atoms in total. The van der Waals surface area contributed by atoms with Gasteiger partial charge in [-0.25, -0.2) is 0 Å². The monoisotopic (exact) mass is 460 g/mol. The molecular weight excluding hydrogens is 428 g/mol. The van der Waals surface area contributed by atoms with E-state index in [-0.39, 0.29) is 19.6 Å². The van der Waals surface area contributed by atoms with E-state index in [4.69, 9.17) is 17.8 Å². The van der Waals surface area contributed by atoms with E-state index in [1.807, 2.05) is 0 Å². The third kappa shape index (κ3) is 10.9. The summed E-state index contributed by atoms with van der Waals surface area (Å²) in [6.07, 6.45) is -0.273. The second kappa shape index (κ2) is 11.2. The normalized spacial score (nSPS) is 13.2. The lowest BCUT2D eigenvalue weighted by Gasteiger charge is -2.22. The van der Waals surface area contributed by atoms with E-state index in [9.17, 15) is 26.4 Å². The summed E-state index contributed by atoms with van der Waals surface area (Å²) in [6, 6.07) is 0. The van der Waals surface area contributed by atoms with Crippen molar-refractivity contribution in [2.24, 2.45) is 10.8 Å². The number of rotatable bonds is 14. The fourth-order valence-electron chi connectivity index (χ4n) is 1.78. The van der Waals surface area contributed by atoms with Crippen molar-refractivity contribution in [3.05, 3.63) is 0 Å². The quantitative estimate of drug-likeness (QED) is 0.275. The zero-order chi connectivity index (χ0) is 22.9. The van der Waals surface area contributed by atoms with Gasteiger partial charge in [-0.05, 0) is 48.0 Å². The summed E-state index contributed by atoms with van der Waals surface area (Å²) in [5.41, 5.74) is -2.34. The molecule has 0 aromatic rings. The Morgan fingerprint density at radius 3 is 1.28 bits per heavy atom. The first-order valence-electron chi connectivity index (χ1n) is 9.17. The predicted octanol–water partition coefficient (Wildman–Crippen LogP) is 1.25. The van der Waals surface area contributed by atoms with Crippen LogP contribution >= 0.6 is 0 Å². The van der Waals surface area contributed by atoms with E-state index in [0.717, 1.165) is 0 Å². The number of carbonyl (C=O) groups excluding carboxylic acids is 2. The van der Waals surface area contributed by atoms with Crippen LogP contribution in [0.5, 0.6) is 0 Å². The van der Waals surface area contributed by atoms with Crippen molar-refractivity contribution < 1.29 is 44.3 Å². The number of hydrogen-bond acceptors (Lipinski definition) is 10. The second-order valence-corrected chi connectivity index (χ2v) is 11.1. The third-order valence-electron chi connectivity index (χ3n) is 3.64. The molecule has 0 aromatic heterocycles. The molecule has 0 saturated heterocycles. The molecule has 0 aromatic carbocycles. The first-order valence-corrected chi connectivity index (χ1v) is 12.3. The minimum Gasteiger partial charge on any atom is -0.466 e. The van der Waals surface area contributed by atoms with Gasteiger partial charge in [0, 0.05) is 0 Å². The van der Waals surface area contributed by atoms with Crippen LogP contribution in [-0.4, -0.2) is 66.7 Å². The Morgan fingerprint density at radius 2 is 1.00 bits per heavy atom. The Morgan fingerprint density at radius 1 is 0.690 bits per heavy atom. The van der Waals surface area contributed by atoms with E-state index in [1.54, 1.807) is 13.8 Å². The van der Waals surface area contributed by atoms with Crippen molar-refractivity contribution in [1.82, 2.24) is 0 Å². The highest BCUT2D eigenvalue weighted by atomic mass is 32.2. The highest BCUT2D eigenvalue weighted by Gasteiger charge is 2.33. The summed E-state index contributed by atoms with van der Waals surface area (Å²) in [6.45, 7) is 8.61. The Balaban J connectivity index is 4.57. The minimum atomic E-state index is -4.05. The summed E-state index contributed by atoms with van der Waals surface area (Å²) < 4.78 is 67.1. The van der Waals surface area contributed by atoms with Crippen LogP contribution in [0.2, 0.25) is 0 Å². The van der Waals surface area contributed by atoms with Gasteiger partial charge in [0.1, 0.15) is 0 Å². The van der Waals surface area contributed by atoms with Gasteiger partial charge in [0.2, 0.25) is 0 Å². The van der Waals surface area contributed by atoms with Gasteiger partial charge in [0.05, 0.1) is 48.8 Å². The van der Waals surface area contributed by atoms with Crippen LogP contribution in [0.15, 0.2) is 0 Å². The van der Waals surface area contributed by atoms with Gasteiger partial charge in [-0.1, -0.05) is 0 Å². The van der Waals surface area contributed by atoms with E-state index >= 15 is 0 Å². The van der Waals surface area contributed by atoms with Crippen molar-refractivity contribution in [1.29, 1.82) is 0 Å². The largest absolute Gasteiger partial charge is 0.466 e. The zero-order valence-corrected chi connectivity index (χ0v) is 19.5.